The van der Waals surface area contributed by atoms with E-state index in [0.717, 1.165) is 13.1 Å². The Bertz CT molecular complexity index is 192. The lowest BCUT2D eigenvalue weighted by molar-refractivity contribution is -0.119. The molecule has 1 atom stereocenters. The minimum absolute atomic E-state index is 0.444. The molecule has 1 aliphatic rings. The topological polar surface area (TPSA) is 84.4 Å². The van der Waals surface area contributed by atoms with E-state index in [-0.39, 0.29) is 0 Å². The Morgan fingerprint density at radius 1 is 1.33 bits per heavy atom. The van der Waals surface area contributed by atoms with Crippen molar-refractivity contribution < 1.29 is 4.79 Å². The third-order valence-corrected chi connectivity index (χ3v) is 2.78. The molecular formula is C10H22N4O. The van der Waals surface area contributed by atoms with Crippen LogP contribution in [-0.2, 0) is 4.79 Å². The summed E-state index contributed by atoms with van der Waals surface area (Å²) in [5.74, 6) is -0.444. The van der Waals surface area contributed by atoms with Gasteiger partial charge < -0.3 is 21.7 Å². The van der Waals surface area contributed by atoms with E-state index in [4.69, 9.17) is 11.5 Å². The number of hydrogen-bond acceptors (Lipinski definition) is 4. The Morgan fingerprint density at radius 3 is 2.60 bits per heavy atom. The van der Waals surface area contributed by atoms with Crippen molar-refractivity contribution in [3.63, 3.8) is 0 Å². The first-order valence-corrected chi connectivity index (χ1v) is 5.68. The predicted molar refractivity (Wildman–Crippen MR) is 60.3 cm³/mol. The van der Waals surface area contributed by atoms with Gasteiger partial charge in [-0.15, -0.1) is 0 Å². The molecule has 1 saturated heterocycles. The third-order valence-electron chi connectivity index (χ3n) is 2.78. The van der Waals surface area contributed by atoms with E-state index >= 15 is 0 Å². The van der Waals surface area contributed by atoms with Gasteiger partial charge in [0, 0.05) is 19.6 Å². The Hall–Kier alpha value is -0.650. The highest BCUT2D eigenvalue weighted by atomic mass is 16.1. The van der Waals surface area contributed by atoms with Crippen LogP contribution < -0.4 is 16.8 Å². The second-order valence-electron chi connectivity index (χ2n) is 4.12. The van der Waals surface area contributed by atoms with Crippen LogP contribution in [-0.4, -0.2) is 49.6 Å². The van der Waals surface area contributed by atoms with Gasteiger partial charge in [0.15, 0.2) is 0 Å². The van der Waals surface area contributed by atoms with E-state index in [2.05, 4.69) is 10.2 Å². The molecule has 15 heavy (non-hydrogen) atoms. The Morgan fingerprint density at radius 2 is 2.00 bits per heavy atom. The average molecular weight is 214 g/mol. The zero-order valence-electron chi connectivity index (χ0n) is 9.24. The van der Waals surface area contributed by atoms with Crippen molar-refractivity contribution in [1.29, 1.82) is 0 Å². The standard InChI is InChI=1S/C10H22N4O/c11-9(10(12)15)8-13-4-7-14-5-2-1-3-6-14/h9,13H,1-8,11H2,(H2,12,15). The first-order valence-electron chi connectivity index (χ1n) is 5.68. The summed E-state index contributed by atoms with van der Waals surface area (Å²) in [6.07, 6.45) is 3.97. The van der Waals surface area contributed by atoms with Gasteiger partial charge in [-0.1, -0.05) is 6.42 Å². The second kappa shape index (κ2) is 6.76. The molecular weight excluding hydrogens is 192 g/mol. The first kappa shape index (κ1) is 12.4. The Labute approximate surface area is 91.2 Å². The summed E-state index contributed by atoms with van der Waals surface area (Å²) in [7, 11) is 0. The van der Waals surface area contributed by atoms with Crippen LogP contribution >= 0.6 is 0 Å². The molecule has 0 radical (unpaired) electrons. The lowest BCUT2D eigenvalue weighted by Crippen LogP contribution is -2.46. The van der Waals surface area contributed by atoms with Crippen LogP contribution in [0.1, 0.15) is 19.3 Å². The van der Waals surface area contributed by atoms with Gasteiger partial charge in [0.05, 0.1) is 6.04 Å². The lowest BCUT2D eigenvalue weighted by atomic mass is 10.1. The average Bonchev–Trinajstić information content (AvgIpc) is 2.25. The minimum atomic E-state index is -0.564. The van der Waals surface area contributed by atoms with Crippen molar-refractivity contribution in [2.75, 3.05) is 32.7 Å². The molecule has 0 bridgehead atoms. The number of nitrogens with zero attached hydrogens (tertiary/aromatic N) is 1. The summed E-state index contributed by atoms with van der Waals surface area (Å²) in [6, 6.07) is -0.564. The number of piperidine rings is 1. The number of amides is 1. The fourth-order valence-corrected chi connectivity index (χ4v) is 1.78. The largest absolute Gasteiger partial charge is 0.368 e. The highest BCUT2D eigenvalue weighted by molar-refractivity contribution is 5.79. The van der Waals surface area contributed by atoms with Gasteiger partial charge in [-0.2, -0.15) is 0 Å². The molecule has 1 fully saturated rings. The monoisotopic (exact) mass is 214 g/mol. The van der Waals surface area contributed by atoms with E-state index in [9.17, 15) is 4.79 Å². The van der Waals surface area contributed by atoms with Crippen LogP contribution in [0.25, 0.3) is 0 Å². The maximum absolute atomic E-state index is 10.6. The molecule has 0 spiro atoms. The molecule has 0 aliphatic carbocycles. The van der Waals surface area contributed by atoms with E-state index in [0.29, 0.717) is 6.54 Å². The summed E-state index contributed by atoms with van der Waals surface area (Å²) in [5.41, 5.74) is 10.5. The fraction of sp³-hybridized carbons (Fsp3) is 0.900. The molecule has 0 saturated carbocycles. The van der Waals surface area contributed by atoms with Crippen LogP contribution in [0.5, 0.6) is 0 Å². The number of rotatable bonds is 6. The van der Waals surface area contributed by atoms with Crippen molar-refractivity contribution in [2.45, 2.75) is 25.3 Å². The number of nitrogens with two attached hydrogens (primary N) is 2. The number of hydrogen-bond donors (Lipinski definition) is 3. The van der Waals surface area contributed by atoms with Crippen LogP contribution in [0.2, 0.25) is 0 Å². The van der Waals surface area contributed by atoms with E-state index in [1.165, 1.54) is 32.4 Å². The number of carbonyl (C=O) groups excluding carboxylic acids is 1. The molecule has 0 aromatic heterocycles. The van der Waals surface area contributed by atoms with Crippen molar-refractivity contribution in [1.82, 2.24) is 10.2 Å². The Kier molecular flexibility index (Phi) is 5.60. The summed E-state index contributed by atoms with van der Waals surface area (Å²) in [6.45, 7) is 4.78. The normalized spacial score (nSPS) is 20.1. The molecule has 5 N–H and O–H groups in total. The summed E-state index contributed by atoms with van der Waals surface area (Å²) < 4.78 is 0. The predicted octanol–water partition coefficient (Wildman–Crippen LogP) is -1.13. The summed E-state index contributed by atoms with van der Waals surface area (Å²) in [5, 5.41) is 3.15. The number of likely N-dealkylation sites (tertiary alicyclic amines) is 1. The molecule has 5 nitrogen and oxygen atoms in total. The van der Waals surface area contributed by atoms with Gasteiger partial charge in [-0.25, -0.2) is 0 Å². The van der Waals surface area contributed by atoms with Crippen molar-refractivity contribution in [3.05, 3.63) is 0 Å². The molecule has 0 aromatic rings. The van der Waals surface area contributed by atoms with Gasteiger partial charge in [-0.3, -0.25) is 4.79 Å². The SMILES string of the molecule is NC(=O)C(N)CNCCN1CCCCC1. The smallest absolute Gasteiger partial charge is 0.235 e. The van der Waals surface area contributed by atoms with Gasteiger partial charge in [-0.05, 0) is 25.9 Å². The highest BCUT2D eigenvalue weighted by Gasteiger charge is 2.10. The van der Waals surface area contributed by atoms with E-state index in [1.54, 1.807) is 0 Å². The van der Waals surface area contributed by atoms with Crippen molar-refractivity contribution >= 4 is 5.91 Å². The van der Waals surface area contributed by atoms with Gasteiger partial charge >= 0.3 is 0 Å². The Balaban J connectivity index is 1.98. The zero-order chi connectivity index (χ0) is 11.1. The summed E-state index contributed by atoms with van der Waals surface area (Å²) in [4.78, 5) is 13.1. The molecule has 1 amide bonds. The molecule has 1 unspecified atom stereocenters. The number of carbonyl (C=O) groups is 1. The number of primary amides is 1. The van der Waals surface area contributed by atoms with Gasteiger partial charge in [0.2, 0.25) is 5.91 Å². The van der Waals surface area contributed by atoms with Crippen LogP contribution in [0.15, 0.2) is 0 Å². The van der Waals surface area contributed by atoms with E-state index in [1.807, 2.05) is 0 Å². The third kappa shape index (κ3) is 5.11. The van der Waals surface area contributed by atoms with Crippen LogP contribution in [0.4, 0.5) is 0 Å². The molecule has 1 heterocycles. The fourth-order valence-electron chi connectivity index (χ4n) is 1.78. The molecule has 1 aliphatic heterocycles. The van der Waals surface area contributed by atoms with Crippen molar-refractivity contribution in [2.24, 2.45) is 11.5 Å². The molecule has 1 rings (SSSR count). The van der Waals surface area contributed by atoms with Crippen LogP contribution in [0, 0.1) is 0 Å². The maximum atomic E-state index is 10.6. The first-order chi connectivity index (χ1) is 7.20. The lowest BCUT2D eigenvalue weighted by Gasteiger charge is -2.26. The second-order valence-corrected chi connectivity index (χ2v) is 4.12. The number of nitrogens with one attached hydrogen (secondary N) is 1. The van der Waals surface area contributed by atoms with Gasteiger partial charge in [0.25, 0.3) is 0 Å². The highest BCUT2D eigenvalue weighted by Crippen LogP contribution is 2.07. The minimum Gasteiger partial charge on any atom is -0.368 e. The van der Waals surface area contributed by atoms with Crippen molar-refractivity contribution in [3.8, 4) is 0 Å². The zero-order valence-corrected chi connectivity index (χ0v) is 9.24. The quantitative estimate of drug-likeness (QED) is 0.489. The molecule has 0 aromatic carbocycles. The summed E-state index contributed by atoms with van der Waals surface area (Å²) >= 11 is 0. The molecule has 5 heteroatoms. The van der Waals surface area contributed by atoms with Crippen LogP contribution in [0.3, 0.4) is 0 Å². The molecule has 88 valence electrons. The maximum Gasteiger partial charge on any atom is 0.235 e. The van der Waals surface area contributed by atoms with Gasteiger partial charge in [0.1, 0.15) is 0 Å². The van der Waals surface area contributed by atoms with E-state index < -0.39 is 11.9 Å².